The van der Waals surface area contributed by atoms with Gasteiger partial charge < -0.3 is 15.0 Å². The standard InChI is InChI=1S/C11H20N2O3/c1-8(12-11(15)9(2)16-3)7-13-6-4-5-10(13)14/h8-9H,4-7H2,1-3H3,(H,12,15). The third kappa shape index (κ3) is 3.48. The van der Waals surface area contributed by atoms with Crippen molar-refractivity contribution in [2.45, 2.75) is 38.8 Å². The maximum Gasteiger partial charge on any atom is 0.249 e. The van der Waals surface area contributed by atoms with Crippen molar-refractivity contribution in [3.63, 3.8) is 0 Å². The van der Waals surface area contributed by atoms with Crippen LogP contribution in [0.2, 0.25) is 0 Å². The fraction of sp³-hybridized carbons (Fsp3) is 0.818. The number of methoxy groups -OCH3 is 1. The fourth-order valence-electron chi connectivity index (χ4n) is 1.74. The van der Waals surface area contributed by atoms with Crippen LogP contribution >= 0.6 is 0 Å². The normalized spacial score (nSPS) is 19.7. The van der Waals surface area contributed by atoms with E-state index in [0.717, 1.165) is 13.0 Å². The first-order valence-corrected chi connectivity index (χ1v) is 5.65. The summed E-state index contributed by atoms with van der Waals surface area (Å²) >= 11 is 0. The summed E-state index contributed by atoms with van der Waals surface area (Å²) in [4.78, 5) is 24.7. The van der Waals surface area contributed by atoms with E-state index in [4.69, 9.17) is 4.74 Å². The van der Waals surface area contributed by atoms with E-state index in [1.807, 2.05) is 6.92 Å². The number of ether oxygens (including phenoxy) is 1. The predicted octanol–water partition coefficient (Wildman–Crippen LogP) is 0.148. The highest BCUT2D eigenvalue weighted by atomic mass is 16.5. The lowest BCUT2D eigenvalue weighted by Crippen LogP contribution is -2.45. The number of carbonyl (C=O) groups is 2. The van der Waals surface area contributed by atoms with E-state index in [1.165, 1.54) is 7.11 Å². The van der Waals surface area contributed by atoms with Crippen LogP contribution in [0.4, 0.5) is 0 Å². The van der Waals surface area contributed by atoms with Gasteiger partial charge in [0.25, 0.3) is 0 Å². The van der Waals surface area contributed by atoms with Gasteiger partial charge >= 0.3 is 0 Å². The third-order valence-electron chi connectivity index (χ3n) is 2.78. The number of hydrogen-bond acceptors (Lipinski definition) is 3. The largest absolute Gasteiger partial charge is 0.372 e. The lowest BCUT2D eigenvalue weighted by atomic mass is 10.3. The molecule has 16 heavy (non-hydrogen) atoms. The van der Waals surface area contributed by atoms with E-state index in [9.17, 15) is 9.59 Å². The molecule has 0 radical (unpaired) electrons. The zero-order valence-electron chi connectivity index (χ0n) is 10.2. The van der Waals surface area contributed by atoms with Crippen molar-refractivity contribution < 1.29 is 14.3 Å². The molecule has 1 fully saturated rings. The summed E-state index contributed by atoms with van der Waals surface area (Å²) < 4.78 is 4.91. The zero-order chi connectivity index (χ0) is 12.1. The average Bonchev–Trinajstić information content (AvgIpc) is 2.63. The summed E-state index contributed by atoms with van der Waals surface area (Å²) in [6.45, 7) is 4.98. The summed E-state index contributed by atoms with van der Waals surface area (Å²) in [7, 11) is 1.50. The lowest BCUT2D eigenvalue weighted by molar-refractivity contribution is -0.132. The molecule has 1 N–H and O–H groups in total. The Kier molecular flexibility index (Phi) is 4.73. The summed E-state index contributed by atoms with van der Waals surface area (Å²) in [6.07, 6.45) is 1.11. The molecule has 1 saturated heterocycles. The number of rotatable bonds is 5. The van der Waals surface area contributed by atoms with Crippen molar-refractivity contribution in [3.8, 4) is 0 Å². The first kappa shape index (κ1) is 13.0. The highest BCUT2D eigenvalue weighted by molar-refractivity contribution is 5.81. The van der Waals surface area contributed by atoms with E-state index in [1.54, 1.807) is 11.8 Å². The second-order valence-corrected chi connectivity index (χ2v) is 4.23. The van der Waals surface area contributed by atoms with E-state index in [2.05, 4.69) is 5.32 Å². The number of nitrogens with zero attached hydrogens (tertiary/aromatic N) is 1. The molecule has 2 unspecified atom stereocenters. The second-order valence-electron chi connectivity index (χ2n) is 4.23. The van der Waals surface area contributed by atoms with Crippen LogP contribution in [-0.2, 0) is 14.3 Å². The topological polar surface area (TPSA) is 58.6 Å². The number of nitrogens with one attached hydrogen (secondary N) is 1. The second kappa shape index (κ2) is 5.84. The van der Waals surface area contributed by atoms with Crippen molar-refractivity contribution in [2.75, 3.05) is 20.2 Å². The molecule has 1 rings (SSSR count). The van der Waals surface area contributed by atoms with Gasteiger partial charge in [0.1, 0.15) is 6.10 Å². The SMILES string of the molecule is COC(C)C(=O)NC(C)CN1CCCC1=O. The summed E-state index contributed by atoms with van der Waals surface area (Å²) in [5.74, 6) is 0.0440. The molecule has 2 atom stereocenters. The molecule has 0 spiro atoms. The Hall–Kier alpha value is -1.10. The Labute approximate surface area is 96.1 Å². The highest BCUT2D eigenvalue weighted by Gasteiger charge is 2.23. The molecule has 1 heterocycles. The summed E-state index contributed by atoms with van der Waals surface area (Å²) in [5, 5.41) is 2.82. The van der Waals surface area contributed by atoms with Crippen molar-refractivity contribution >= 4 is 11.8 Å². The molecular formula is C11H20N2O3. The molecule has 0 aliphatic carbocycles. The van der Waals surface area contributed by atoms with Crippen molar-refractivity contribution in [1.29, 1.82) is 0 Å². The van der Waals surface area contributed by atoms with Crippen molar-refractivity contribution in [3.05, 3.63) is 0 Å². The van der Waals surface area contributed by atoms with E-state index >= 15 is 0 Å². The summed E-state index contributed by atoms with van der Waals surface area (Å²) in [5.41, 5.74) is 0. The number of likely N-dealkylation sites (tertiary alicyclic amines) is 1. The minimum absolute atomic E-state index is 0.0350. The molecule has 1 aliphatic rings. The van der Waals surface area contributed by atoms with Crippen LogP contribution in [0, 0.1) is 0 Å². The van der Waals surface area contributed by atoms with Gasteiger partial charge in [-0.05, 0) is 20.3 Å². The van der Waals surface area contributed by atoms with Crippen LogP contribution in [-0.4, -0.2) is 49.1 Å². The Bertz CT molecular complexity index is 268. The molecule has 0 saturated carbocycles. The van der Waals surface area contributed by atoms with Crippen LogP contribution in [0.15, 0.2) is 0 Å². The van der Waals surface area contributed by atoms with Crippen molar-refractivity contribution in [1.82, 2.24) is 10.2 Å². The Balaban J connectivity index is 2.32. The van der Waals surface area contributed by atoms with Crippen LogP contribution in [0.25, 0.3) is 0 Å². The quantitative estimate of drug-likeness (QED) is 0.728. The minimum atomic E-state index is -0.447. The van der Waals surface area contributed by atoms with E-state index < -0.39 is 6.10 Å². The van der Waals surface area contributed by atoms with Gasteiger partial charge in [0.2, 0.25) is 11.8 Å². The maximum atomic E-state index is 11.5. The predicted molar refractivity (Wildman–Crippen MR) is 59.9 cm³/mol. The van der Waals surface area contributed by atoms with Gasteiger partial charge in [-0.3, -0.25) is 9.59 Å². The van der Waals surface area contributed by atoms with E-state index in [-0.39, 0.29) is 17.9 Å². The zero-order valence-corrected chi connectivity index (χ0v) is 10.2. The molecule has 0 aromatic rings. The fourth-order valence-corrected chi connectivity index (χ4v) is 1.74. The number of amides is 2. The van der Waals surface area contributed by atoms with Gasteiger partial charge in [-0.1, -0.05) is 0 Å². The van der Waals surface area contributed by atoms with Crippen LogP contribution < -0.4 is 5.32 Å². The van der Waals surface area contributed by atoms with Crippen molar-refractivity contribution in [2.24, 2.45) is 0 Å². The van der Waals surface area contributed by atoms with Gasteiger partial charge in [-0.2, -0.15) is 0 Å². The van der Waals surface area contributed by atoms with Gasteiger partial charge in [-0.25, -0.2) is 0 Å². The lowest BCUT2D eigenvalue weighted by Gasteiger charge is -2.22. The van der Waals surface area contributed by atoms with Gasteiger partial charge in [0.15, 0.2) is 0 Å². The molecule has 2 amide bonds. The first-order chi connectivity index (χ1) is 7.54. The molecule has 0 aromatic heterocycles. The van der Waals surface area contributed by atoms with Gasteiger partial charge in [-0.15, -0.1) is 0 Å². The smallest absolute Gasteiger partial charge is 0.249 e. The number of carbonyl (C=O) groups excluding carboxylic acids is 2. The van der Waals surface area contributed by atoms with E-state index in [0.29, 0.717) is 13.0 Å². The molecule has 1 aliphatic heterocycles. The monoisotopic (exact) mass is 228 g/mol. The minimum Gasteiger partial charge on any atom is -0.372 e. The van der Waals surface area contributed by atoms with Crippen LogP contribution in [0.1, 0.15) is 26.7 Å². The third-order valence-corrected chi connectivity index (χ3v) is 2.78. The Morgan fingerprint density at radius 1 is 1.56 bits per heavy atom. The molecule has 5 heteroatoms. The van der Waals surface area contributed by atoms with Gasteiger partial charge in [0.05, 0.1) is 0 Å². The highest BCUT2D eigenvalue weighted by Crippen LogP contribution is 2.09. The average molecular weight is 228 g/mol. The molecule has 0 aromatic carbocycles. The van der Waals surface area contributed by atoms with Crippen LogP contribution in [0.5, 0.6) is 0 Å². The molecule has 5 nitrogen and oxygen atoms in total. The molecular weight excluding hydrogens is 208 g/mol. The number of hydrogen-bond donors (Lipinski definition) is 1. The van der Waals surface area contributed by atoms with Crippen LogP contribution in [0.3, 0.4) is 0 Å². The van der Waals surface area contributed by atoms with Gasteiger partial charge in [0, 0.05) is 32.7 Å². The first-order valence-electron chi connectivity index (χ1n) is 5.65. The molecule has 0 bridgehead atoms. The molecule has 92 valence electrons. The maximum absolute atomic E-state index is 11.5. The Morgan fingerprint density at radius 3 is 2.75 bits per heavy atom. The summed E-state index contributed by atoms with van der Waals surface area (Å²) in [6, 6.07) is -0.0350. The Morgan fingerprint density at radius 2 is 2.25 bits per heavy atom.